The van der Waals surface area contributed by atoms with Crippen LogP contribution < -0.4 is 5.32 Å². The van der Waals surface area contributed by atoms with Gasteiger partial charge in [0.15, 0.2) is 11.0 Å². The number of amides is 1. The van der Waals surface area contributed by atoms with Gasteiger partial charge in [-0.15, -0.1) is 10.2 Å². The van der Waals surface area contributed by atoms with Crippen LogP contribution in [0.15, 0.2) is 47.8 Å². The molecule has 26 heavy (non-hydrogen) atoms. The predicted molar refractivity (Wildman–Crippen MR) is 103 cm³/mol. The van der Waals surface area contributed by atoms with Crippen molar-refractivity contribution >= 4 is 17.7 Å². The van der Waals surface area contributed by atoms with Gasteiger partial charge in [-0.3, -0.25) is 14.3 Å². The maximum absolute atomic E-state index is 12.0. The molecule has 2 aromatic heterocycles. The standard InChI is InChI=1S/C19H21N5OS/c1-12-8-9-16(13(2)11-12)24-17(15-7-5-6-10-21-15)22-23-19(24)26-14(3)18(25)20-4/h5-11,14H,1-4H3,(H,20,25). The van der Waals surface area contributed by atoms with Crippen molar-refractivity contribution in [2.45, 2.75) is 31.2 Å². The quantitative estimate of drug-likeness (QED) is 0.701. The minimum absolute atomic E-state index is 0.0513. The van der Waals surface area contributed by atoms with Gasteiger partial charge in [-0.05, 0) is 44.5 Å². The molecule has 0 saturated carbocycles. The topological polar surface area (TPSA) is 72.7 Å². The Balaban J connectivity index is 2.14. The fourth-order valence-corrected chi connectivity index (χ4v) is 3.61. The van der Waals surface area contributed by atoms with E-state index < -0.39 is 0 Å². The molecular weight excluding hydrogens is 346 g/mol. The highest BCUT2D eigenvalue weighted by atomic mass is 32.2. The molecule has 1 atom stereocenters. The number of benzene rings is 1. The molecule has 1 N–H and O–H groups in total. The summed E-state index contributed by atoms with van der Waals surface area (Å²) in [5.74, 6) is 0.605. The molecular formula is C19H21N5OS. The summed E-state index contributed by atoms with van der Waals surface area (Å²) in [6.07, 6.45) is 1.73. The number of hydrogen-bond acceptors (Lipinski definition) is 5. The van der Waals surface area contributed by atoms with Gasteiger partial charge in [-0.1, -0.05) is 35.5 Å². The number of nitrogens with one attached hydrogen (secondary N) is 1. The molecule has 1 amide bonds. The SMILES string of the molecule is CNC(=O)C(C)Sc1nnc(-c2ccccn2)n1-c1ccc(C)cc1C. The zero-order chi connectivity index (χ0) is 18.7. The highest BCUT2D eigenvalue weighted by Gasteiger charge is 2.22. The van der Waals surface area contributed by atoms with Crippen LogP contribution in [-0.2, 0) is 4.79 Å². The lowest BCUT2D eigenvalue weighted by molar-refractivity contribution is -0.119. The molecule has 3 rings (SSSR count). The number of thioether (sulfide) groups is 1. The number of rotatable bonds is 5. The molecule has 0 aliphatic rings. The second kappa shape index (κ2) is 7.70. The van der Waals surface area contributed by atoms with E-state index in [1.54, 1.807) is 13.2 Å². The molecule has 7 heteroatoms. The van der Waals surface area contributed by atoms with E-state index in [4.69, 9.17) is 0 Å². The van der Waals surface area contributed by atoms with Gasteiger partial charge >= 0.3 is 0 Å². The third-order valence-electron chi connectivity index (χ3n) is 4.02. The molecule has 0 saturated heterocycles. The van der Waals surface area contributed by atoms with E-state index in [1.165, 1.54) is 17.3 Å². The Hall–Kier alpha value is -2.67. The average molecular weight is 367 g/mol. The van der Waals surface area contributed by atoms with E-state index in [1.807, 2.05) is 29.7 Å². The van der Waals surface area contributed by atoms with Crippen molar-refractivity contribution in [1.29, 1.82) is 0 Å². The molecule has 0 bridgehead atoms. The number of nitrogens with zero attached hydrogens (tertiary/aromatic N) is 4. The number of carbonyl (C=O) groups is 1. The van der Waals surface area contributed by atoms with Crippen molar-refractivity contribution in [1.82, 2.24) is 25.1 Å². The van der Waals surface area contributed by atoms with Crippen molar-refractivity contribution in [2.75, 3.05) is 7.05 Å². The molecule has 1 unspecified atom stereocenters. The van der Waals surface area contributed by atoms with Crippen molar-refractivity contribution in [3.05, 3.63) is 53.7 Å². The summed E-state index contributed by atoms with van der Waals surface area (Å²) in [5, 5.41) is 11.8. The van der Waals surface area contributed by atoms with Crippen LogP contribution in [0.4, 0.5) is 0 Å². The molecule has 0 radical (unpaired) electrons. The molecule has 0 aliphatic heterocycles. The van der Waals surface area contributed by atoms with Gasteiger partial charge in [0.25, 0.3) is 0 Å². The van der Waals surface area contributed by atoms with Gasteiger partial charge in [0.1, 0.15) is 5.69 Å². The van der Waals surface area contributed by atoms with E-state index in [-0.39, 0.29) is 11.2 Å². The highest BCUT2D eigenvalue weighted by molar-refractivity contribution is 8.00. The van der Waals surface area contributed by atoms with Gasteiger partial charge in [0.05, 0.1) is 10.9 Å². The summed E-state index contributed by atoms with van der Waals surface area (Å²) < 4.78 is 1.97. The lowest BCUT2D eigenvalue weighted by Gasteiger charge is -2.15. The first-order valence-electron chi connectivity index (χ1n) is 8.34. The monoisotopic (exact) mass is 367 g/mol. The van der Waals surface area contributed by atoms with Crippen LogP contribution in [0.5, 0.6) is 0 Å². The van der Waals surface area contributed by atoms with Gasteiger partial charge < -0.3 is 5.32 Å². The Labute approximate surface area is 157 Å². The Kier molecular flexibility index (Phi) is 5.37. The Morgan fingerprint density at radius 1 is 1.19 bits per heavy atom. The van der Waals surface area contributed by atoms with Crippen LogP contribution in [0.3, 0.4) is 0 Å². The number of aryl methyl sites for hydroxylation is 2. The van der Waals surface area contributed by atoms with E-state index in [0.717, 1.165) is 16.9 Å². The van der Waals surface area contributed by atoms with Gasteiger partial charge in [-0.2, -0.15) is 0 Å². The first-order chi connectivity index (χ1) is 12.5. The first-order valence-corrected chi connectivity index (χ1v) is 9.22. The number of hydrogen-bond donors (Lipinski definition) is 1. The minimum atomic E-state index is -0.287. The number of carbonyl (C=O) groups excluding carboxylic acids is 1. The minimum Gasteiger partial charge on any atom is -0.358 e. The molecule has 2 heterocycles. The maximum Gasteiger partial charge on any atom is 0.233 e. The predicted octanol–water partition coefficient (Wildman–Crippen LogP) is 3.17. The summed E-state index contributed by atoms with van der Waals surface area (Å²) in [6.45, 7) is 5.97. The lowest BCUT2D eigenvalue weighted by atomic mass is 10.1. The molecule has 134 valence electrons. The van der Waals surface area contributed by atoms with Crippen LogP contribution in [-0.4, -0.2) is 38.0 Å². The molecule has 6 nitrogen and oxygen atoms in total. The molecule has 0 fully saturated rings. The van der Waals surface area contributed by atoms with Gasteiger partial charge in [0.2, 0.25) is 5.91 Å². The second-order valence-electron chi connectivity index (χ2n) is 6.02. The Morgan fingerprint density at radius 2 is 2.00 bits per heavy atom. The summed E-state index contributed by atoms with van der Waals surface area (Å²) in [5.41, 5.74) is 4.01. The molecule has 1 aromatic carbocycles. The fraction of sp³-hybridized carbons (Fsp3) is 0.263. The van der Waals surface area contributed by atoms with Gasteiger partial charge in [-0.25, -0.2) is 0 Å². The maximum atomic E-state index is 12.0. The first kappa shape index (κ1) is 18.1. The van der Waals surface area contributed by atoms with Gasteiger partial charge in [0, 0.05) is 13.2 Å². The zero-order valence-corrected chi connectivity index (χ0v) is 16.0. The molecule has 0 spiro atoms. The summed E-state index contributed by atoms with van der Waals surface area (Å²) in [7, 11) is 1.63. The van der Waals surface area contributed by atoms with E-state index in [2.05, 4.69) is 52.5 Å². The fourth-order valence-electron chi connectivity index (χ4n) is 2.70. The third kappa shape index (κ3) is 3.62. The van der Waals surface area contributed by atoms with Crippen LogP contribution in [0, 0.1) is 13.8 Å². The van der Waals surface area contributed by atoms with Crippen LogP contribution >= 0.6 is 11.8 Å². The van der Waals surface area contributed by atoms with Crippen molar-refractivity contribution in [3.63, 3.8) is 0 Å². The summed E-state index contributed by atoms with van der Waals surface area (Å²) in [4.78, 5) is 16.4. The highest BCUT2D eigenvalue weighted by Crippen LogP contribution is 2.31. The molecule has 0 aliphatic carbocycles. The number of pyridine rings is 1. The van der Waals surface area contributed by atoms with Crippen LogP contribution in [0.25, 0.3) is 17.2 Å². The van der Waals surface area contributed by atoms with E-state index in [0.29, 0.717) is 11.0 Å². The average Bonchev–Trinajstić information content (AvgIpc) is 3.05. The lowest BCUT2D eigenvalue weighted by Crippen LogP contribution is -2.27. The summed E-state index contributed by atoms with van der Waals surface area (Å²) in [6, 6.07) is 11.9. The van der Waals surface area contributed by atoms with Crippen LogP contribution in [0.1, 0.15) is 18.1 Å². The summed E-state index contributed by atoms with van der Waals surface area (Å²) >= 11 is 1.38. The Morgan fingerprint density at radius 3 is 2.65 bits per heavy atom. The number of aromatic nitrogens is 4. The zero-order valence-electron chi connectivity index (χ0n) is 15.2. The third-order valence-corrected chi connectivity index (χ3v) is 5.06. The van der Waals surface area contributed by atoms with E-state index >= 15 is 0 Å². The smallest absolute Gasteiger partial charge is 0.233 e. The van der Waals surface area contributed by atoms with Crippen molar-refractivity contribution in [3.8, 4) is 17.2 Å². The van der Waals surface area contributed by atoms with E-state index in [9.17, 15) is 4.79 Å². The normalized spacial score (nSPS) is 12.0. The van der Waals surface area contributed by atoms with Crippen molar-refractivity contribution < 1.29 is 4.79 Å². The largest absolute Gasteiger partial charge is 0.358 e. The Bertz CT molecular complexity index is 923. The van der Waals surface area contributed by atoms with Crippen molar-refractivity contribution in [2.24, 2.45) is 0 Å². The second-order valence-corrected chi connectivity index (χ2v) is 7.33. The molecule has 3 aromatic rings. The van der Waals surface area contributed by atoms with Crippen LogP contribution in [0.2, 0.25) is 0 Å².